The summed E-state index contributed by atoms with van der Waals surface area (Å²) in [6.45, 7) is 4.40. The van der Waals surface area contributed by atoms with Crippen molar-refractivity contribution in [3.63, 3.8) is 0 Å². The van der Waals surface area contributed by atoms with Crippen LogP contribution in [0.4, 0.5) is 10.6 Å². The Morgan fingerprint density at radius 3 is 2.65 bits per heavy atom. The molecule has 0 aliphatic carbocycles. The van der Waals surface area contributed by atoms with Gasteiger partial charge in [-0.15, -0.1) is 0 Å². The number of nitrogens with one attached hydrogen (secondary N) is 2. The largest absolute Gasteiger partial charge is 0.481 e. The molecular weight excluding hydrogens is 260 g/mol. The van der Waals surface area contributed by atoms with Gasteiger partial charge in [0.15, 0.2) is 5.82 Å². The van der Waals surface area contributed by atoms with Crippen LogP contribution in [0.25, 0.3) is 0 Å². The summed E-state index contributed by atoms with van der Waals surface area (Å²) in [5.41, 5.74) is 0. The van der Waals surface area contributed by atoms with E-state index in [2.05, 4.69) is 15.7 Å². The Hall–Kier alpha value is -2.05. The molecule has 0 unspecified atom stereocenters. The van der Waals surface area contributed by atoms with E-state index < -0.39 is 5.97 Å². The first-order chi connectivity index (χ1) is 9.36. The number of carbonyl (C=O) groups is 2. The van der Waals surface area contributed by atoms with E-state index in [1.807, 2.05) is 13.8 Å². The van der Waals surface area contributed by atoms with E-state index in [1.165, 1.54) is 0 Å². The van der Waals surface area contributed by atoms with E-state index in [1.54, 1.807) is 24.0 Å². The van der Waals surface area contributed by atoms with Crippen molar-refractivity contribution in [3.05, 3.63) is 12.3 Å². The van der Waals surface area contributed by atoms with Gasteiger partial charge < -0.3 is 10.4 Å². The quantitative estimate of drug-likeness (QED) is 0.709. The molecule has 1 heterocycles. The lowest BCUT2D eigenvalue weighted by Crippen LogP contribution is -2.34. The molecule has 7 heteroatoms. The number of hydrogen-bond donors (Lipinski definition) is 3. The summed E-state index contributed by atoms with van der Waals surface area (Å²) in [6.07, 6.45) is 2.54. The van der Waals surface area contributed by atoms with Crippen LogP contribution in [-0.2, 0) is 11.8 Å². The Morgan fingerprint density at radius 1 is 1.45 bits per heavy atom. The Labute approximate surface area is 118 Å². The van der Waals surface area contributed by atoms with Gasteiger partial charge in [-0.25, -0.2) is 4.79 Å². The number of anilines is 1. The van der Waals surface area contributed by atoms with Gasteiger partial charge in [0.25, 0.3) is 0 Å². The van der Waals surface area contributed by atoms with Crippen molar-refractivity contribution in [3.8, 4) is 0 Å². The Balaban J connectivity index is 2.41. The van der Waals surface area contributed by atoms with Crippen molar-refractivity contribution in [1.82, 2.24) is 15.1 Å². The molecule has 0 aliphatic rings. The summed E-state index contributed by atoms with van der Waals surface area (Å²) < 4.78 is 1.58. The lowest BCUT2D eigenvalue weighted by atomic mass is 9.94. The summed E-state index contributed by atoms with van der Waals surface area (Å²) in [4.78, 5) is 22.5. The summed E-state index contributed by atoms with van der Waals surface area (Å²) >= 11 is 0. The van der Waals surface area contributed by atoms with Crippen molar-refractivity contribution in [2.75, 3.05) is 11.9 Å². The minimum Gasteiger partial charge on any atom is -0.481 e. The second kappa shape index (κ2) is 7.52. The molecule has 0 fully saturated rings. The van der Waals surface area contributed by atoms with E-state index in [9.17, 15) is 9.59 Å². The smallest absolute Gasteiger partial charge is 0.320 e. The predicted octanol–water partition coefficient (Wildman–Crippen LogP) is 1.68. The fourth-order valence-electron chi connectivity index (χ4n) is 2.03. The number of nitrogens with zero attached hydrogens (tertiary/aromatic N) is 2. The zero-order chi connectivity index (χ0) is 15.1. The van der Waals surface area contributed by atoms with Gasteiger partial charge in [-0.2, -0.15) is 5.10 Å². The van der Waals surface area contributed by atoms with Gasteiger partial charge >= 0.3 is 12.0 Å². The average molecular weight is 282 g/mol. The highest BCUT2D eigenvalue weighted by Crippen LogP contribution is 2.14. The SMILES string of the molecule is CC(C)C[C@H](CNC(=O)Nc1ccn(C)n1)CC(=O)O. The van der Waals surface area contributed by atoms with Crippen molar-refractivity contribution >= 4 is 17.8 Å². The normalized spacial score (nSPS) is 12.2. The van der Waals surface area contributed by atoms with E-state index in [0.29, 0.717) is 18.3 Å². The number of rotatable bonds is 7. The lowest BCUT2D eigenvalue weighted by Gasteiger charge is -2.17. The van der Waals surface area contributed by atoms with Crippen LogP contribution in [0, 0.1) is 11.8 Å². The number of urea groups is 1. The summed E-state index contributed by atoms with van der Waals surface area (Å²) in [5, 5.41) is 18.2. The molecule has 0 bridgehead atoms. The van der Waals surface area contributed by atoms with Gasteiger partial charge in [-0.3, -0.25) is 14.8 Å². The molecule has 1 aromatic heterocycles. The van der Waals surface area contributed by atoms with Gasteiger partial charge in [-0.05, 0) is 18.3 Å². The van der Waals surface area contributed by atoms with Crippen molar-refractivity contribution in [2.45, 2.75) is 26.7 Å². The summed E-state index contributed by atoms with van der Waals surface area (Å²) in [5.74, 6) is -0.0618. The van der Waals surface area contributed by atoms with Crippen molar-refractivity contribution < 1.29 is 14.7 Å². The molecule has 0 spiro atoms. The topological polar surface area (TPSA) is 96.3 Å². The van der Waals surface area contributed by atoms with Crippen LogP contribution in [0.2, 0.25) is 0 Å². The standard InChI is InChI=1S/C13H22N4O3/c1-9(2)6-10(7-12(18)19)8-14-13(20)15-11-4-5-17(3)16-11/h4-5,9-10H,6-8H2,1-3H3,(H,18,19)(H2,14,15,16,20)/t10-/m0/s1. The number of aliphatic carboxylic acids is 1. The van der Waals surface area contributed by atoms with E-state index in [4.69, 9.17) is 5.11 Å². The second-order valence-electron chi connectivity index (χ2n) is 5.30. The van der Waals surface area contributed by atoms with Crippen molar-refractivity contribution in [1.29, 1.82) is 0 Å². The van der Waals surface area contributed by atoms with Crippen molar-refractivity contribution in [2.24, 2.45) is 18.9 Å². The van der Waals surface area contributed by atoms with E-state index in [-0.39, 0.29) is 18.4 Å². The first kappa shape index (κ1) is 16.0. The predicted molar refractivity (Wildman–Crippen MR) is 75.4 cm³/mol. The maximum Gasteiger partial charge on any atom is 0.320 e. The van der Waals surface area contributed by atoms with Crippen LogP contribution in [0.5, 0.6) is 0 Å². The molecule has 0 saturated heterocycles. The zero-order valence-electron chi connectivity index (χ0n) is 12.1. The molecule has 0 aliphatic heterocycles. The molecule has 2 amide bonds. The number of carboxylic acid groups (broad SMARTS) is 1. The molecule has 20 heavy (non-hydrogen) atoms. The number of carbonyl (C=O) groups excluding carboxylic acids is 1. The van der Waals surface area contributed by atoms with Gasteiger partial charge in [0.2, 0.25) is 0 Å². The third kappa shape index (κ3) is 6.21. The fourth-order valence-corrected chi connectivity index (χ4v) is 2.03. The van der Waals surface area contributed by atoms with Gasteiger partial charge in [0, 0.05) is 32.3 Å². The molecule has 7 nitrogen and oxygen atoms in total. The van der Waals surface area contributed by atoms with Crippen LogP contribution in [0.15, 0.2) is 12.3 Å². The molecule has 1 aromatic rings. The monoisotopic (exact) mass is 282 g/mol. The number of carboxylic acids is 1. The fraction of sp³-hybridized carbons (Fsp3) is 0.615. The van der Waals surface area contributed by atoms with Gasteiger partial charge in [-0.1, -0.05) is 13.8 Å². The van der Waals surface area contributed by atoms with Gasteiger partial charge in [0.05, 0.1) is 0 Å². The third-order valence-corrected chi connectivity index (χ3v) is 2.77. The van der Waals surface area contributed by atoms with Crippen LogP contribution >= 0.6 is 0 Å². The van der Waals surface area contributed by atoms with Gasteiger partial charge in [0.1, 0.15) is 0 Å². The number of aryl methyl sites for hydroxylation is 1. The molecular formula is C13H22N4O3. The average Bonchev–Trinajstić information content (AvgIpc) is 2.70. The third-order valence-electron chi connectivity index (χ3n) is 2.77. The molecule has 3 N–H and O–H groups in total. The van der Waals surface area contributed by atoms with Crippen LogP contribution in [0.1, 0.15) is 26.7 Å². The number of hydrogen-bond acceptors (Lipinski definition) is 3. The maximum absolute atomic E-state index is 11.7. The Bertz CT molecular complexity index is 456. The number of aromatic nitrogens is 2. The van der Waals surface area contributed by atoms with Crippen LogP contribution < -0.4 is 10.6 Å². The Kier molecular flexibility index (Phi) is 6.02. The molecule has 0 aromatic carbocycles. The Morgan fingerprint density at radius 2 is 2.15 bits per heavy atom. The number of amides is 2. The highest BCUT2D eigenvalue weighted by atomic mass is 16.4. The minimum atomic E-state index is -0.845. The first-order valence-electron chi connectivity index (χ1n) is 6.63. The maximum atomic E-state index is 11.7. The highest BCUT2D eigenvalue weighted by molar-refractivity contribution is 5.88. The molecule has 1 atom stereocenters. The van der Waals surface area contributed by atoms with Crippen LogP contribution in [-0.4, -0.2) is 33.4 Å². The van der Waals surface area contributed by atoms with Crippen LogP contribution in [0.3, 0.4) is 0 Å². The molecule has 0 radical (unpaired) electrons. The molecule has 112 valence electrons. The highest BCUT2D eigenvalue weighted by Gasteiger charge is 2.16. The zero-order valence-corrected chi connectivity index (χ0v) is 12.1. The summed E-state index contributed by atoms with van der Waals surface area (Å²) in [7, 11) is 1.76. The first-order valence-corrected chi connectivity index (χ1v) is 6.63. The minimum absolute atomic E-state index is 0.0576. The van der Waals surface area contributed by atoms with E-state index >= 15 is 0 Å². The lowest BCUT2D eigenvalue weighted by molar-refractivity contribution is -0.138. The molecule has 1 rings (SSSR count). The summed E-state index contributed by atoms with van der Waals surface area (Å²) in [6, 6.07) is 1.31. The van der Waals surface area contributed by atoms with E-state index in [0.717, 1.165) is 6.42 Å². The second-order valence-corrected chi connectivity index (χ2v) is 5.30. The molecule has 0 saturated carbocycles.